The standard InChI is InChI=1S/C19H31N3O2/c1-4-19(5-2,14-20)18(23)21-15-10-12-22(13-11-15)16-8-6-7-9-17(16)24-3/h6-9,15H,4-5,10-14,20H2,1-3H3,(H,21,23). The first kappa shape index (κ1) is 18.6. The van der Waals surface area contributed by atoms with Gasteiger partial charge in [0.25, 0.3) is 0 Å². The van der Waals surface area contributed by atoms with E-state index in [2.05, 4.69) is 16.3 Å². The van der Waals surface area contributed by atoms with Crippen molar-refractivity contribution in [3.63, 3.8) is 0 Å². The fraction of sp³-hybridized carbons (Fsp3) is 0.632. The van der Waals surface area contributed by atoms with Crippen molar-refractivity contribution in [2.24, 2.45) is 11.1 Å². The lowest BCUT2D eigenvalue weighted by molar-refractivity contribution is -0.131. The number of piperidine rings is 1. The Morgan fingerprint density at radius 3 is 2.46 bits per heavy atom. The lowest BCUT2D eigenvalue weighted by atomic mass is 9.81. The number of anilines is 1. The van der Waals surface area contributed by atoms with Crippen LogP contribution in [0.1, 0.15) is 39.5 Å². The second-order valence-corrected chi connectivity index (χ2v) is 6.60. The molecule has 1 saturated heterocycles. The van der Waals surface area contributed by atoms with Crippen LogP contribution in [-0.4, -0.2) is 38.7 Å². The van der Waals surface area contributed by atoms with Gasteiger partial charge in [-0.3, -0.25) is 4.79 Å². The molecular weight excluding hydrogens is 302 g/mol. The third-order valence-corrected chi connectivity index (χ3v) is 5.48. The number of nitrogens with two attached hydrogens (primary N) is 1. The van der Waals surface area contributed by atoms with Crippen LogP contribution < -0.4 is 20.7 Å². The van der Waals surface area contributed by atoms with E-state index in [4.69, 9.17) is 10.5 Å². The molecule has 0 atom stereocenters. The van der Waals surface area contributed by atoms with Crippen LogP contribution in [0.2, 0.25) is 0 Å². The summed E-state index contributed by atoms with van der Waals surface area (Å²) in [5, 5.41) is 3.24. The molecule has 3 N–H and O–H groups in total. The highest BCUT2D eigenvalue weighted by molar-refractivity contribution is 5.83. The first-order valence-electron chi connectivity index (χ1n) is 8.99. The molecule has 0 aliphatic carbocycles. The van der Waals surface area contributed by atoms with Gasteiger partial charge in [-0.05, 0) is 37.8 Å². The van der Waals surface area contributed by atoms with E-state index in [1.54, 1.807) is 7.11 Å². The Morgan fingerprint density at radius 2 is 1.92 bits per heavy atom. The van der Waals surface area contributed by atoms with Gasteiger partial charge in [0, 0.05) is 25.7 Å². The molecule has 0 saturated carbocycles. The van der Waals surface area contributed by atoms with E-state index >= 15 is 0 Å². The maximum absolute atomic E-state index is 12.7. The smallest absolute Gasteiger partial charge is 0.227 e. The molecule has 2 rings (SSSR count). The average Bonchev–Trinajstić information content (AvgIpc) is 2.64. The lowest BCUT2D eigenvalue weighted by Gasteiger charge is -2.37. The Bertz CT molecular complexity index is 527. The van der Waals surface area contributed by atoms with Crippen molar-refractivity contribution in [2.75, 3.05) is 31.6 Å². The van der Waals surface area contributed by atoms with Gasteiger partial charge < -0.3 is 20.7 Å². The number of hydrogen-bond donors (Lipinski definition) is 2. The highest BCUT2D eigenvalue weighted by Crippen LogP contribution is 2.30. The minimum absolute atomic E-state index is 0.116. The van der Waals surface area contributed by atoms with Crippen LogP contribution in [0.4, 0.5) is 5.69 Å². The molecule has 0 spiro atoms. The highest BCUT2D eigenvalue weighted by atomic mass is 16.5. The first-order chi connectivity index (χ1) is 11.6. The summed E-state index contributed by atoms with van der Waals surface area (Å²) in [4.78, 5) is 15.0. The van der Waals surface area contributed by atoms with Crippen LogP contribution in [0, 0.1) is 5.41 Å². The number of methoxy groups -OCH3 is 1. The molecule has 1 heterocycles. The van der Waals surface area contributed by atoms with Crippen LogP contribution in [-0.2, 0) is 4.79 Å². The fourth-order valence-electron chi connectivity index (χ4n) is 3.45. The maximum atomic E-state index is 12.7. The molecule has 1 amide bonds. The van der Waals surface area contributed by atoms with Gasteiger partial charge in [0.15, 0.2) is 0 Å². The Hall–Kier alpha value is -1.75. The van der Waals surface area contributed by atoms with Crippen molar-refractivity contribution in [2.45, 2.75) is 45.6 Å². The van der Waals surface area contributed by atoms with E-state index < -0.39 is 5.41 Å². The predicted octanol–water partition coefficient (Wildman–Crippen LogP) is 2.55. The van der Waals surface area contributed by atoms with Gasteiger partial charge in [-0.15, -0.1) is 0 Å². The normalized spacial score (nSPS) is 16.1. The zero-order chi connectivity index (χ0) is 17.6. The summed E-state index contributed by atoms with van der Waals surface area (Å²) in [6, 6.07) is 8.32. The molecule has 0 radical (unpaired) electrons. The van der Waals surface area contributed by atoms with Gasteiger partial charge in [0.1, 0.15) is 5.75 Å². The second kappa shape index (κ2) is 8.38. The Balaban J connectivity index is 1.94. The number of ether oxygens (including phenoxy) is 1. The zero-order valence-electron chi connectivity index (χ0n) is 15.2. The van der Waals surface area contributed by atoms with Crippen molar-refractivity contribution in [3.05, 3.63) is 24.3 Å². The van der Waals surface area contributed by atoms with Gasteiger partial charge in [0.2, 0.25) is 5.91 Å². The van der Waals surface area contributed by atoms with Gasteiger partial charge in [-0.2, -0.15) is 0 Å². The summed E-state index contributed by atoms with van der Waals surface area (Å²) >= 11 is 0. The van der Waals surface area contributed by atoms with E-state index in [-0.39, 0.29) is 11.9 Å². The minimum Gasteiger partial charge on any atom is -0.495 e. The number of benzene rings is 1. The molecule has 1 aliphatic heterocycles. The molecule has 0 aromatic heterocycles. The number of rotatable bonds is 7. The van der Waals surface area contributed by atoms with Crippen LogP contribution >= 0.6 is 0 Å². The topological polar surface area (TPSA) is 67.6 Å². The molecule has 0 bridgehead atoms. The number of hydrogen-bond acceptors (Lipinski definition) is 4. The number of para-hydroxylation sites is 2. The predicted molar refractivity (Wildman–Crippen MR) is 98.4 cm³/mol. The third kappa shape index (κ3) is 3.83. The summed E-state index contributed by atoms with van der Waals surface area (Å²) in [6.07, 6.45) is 3.45. The summed E-state index contributed by atoms with van der Waals surface area (Å²) < 4.78 is 5.45. The second-order valence-electron chi connectivity index (χ2n) is 6.60. The Morgan fingerprint density at radius 1 is 1.29 bits per heavy atom. The Labute approximate surface area is 145 Å². The number of carbonyl (C=O) groups is 1. The molecule has 1 aromatic carbocycles. The number of carbonyl (C=O) groups excluding carboxylic acids is 1. The summed E-state index contributed by atoms with van der Waals surface area (Å²) in [7, 11) is 1.70. The molecule has 0 unspecified atom stereocenters. The average molecular weight is 333 g/mol. The number of amides is 1. The largest absolute Gasteiger partial charge is 0.495 e. The summed E-state index contributed by atoms with van der Waals surface area (Å²) in [5.74, 6) is 1.02. The molecule has 1 aliphatic rings. The van der Waals surface area contributed by atoms with Crippen molar-refractivity contribution in [1.82, 2.24) is 5.32 Å². The lowest BCUT2D eigenvalue weighted by Crippen LogP contribution is -2.51. The van der Waals surface area contributed by atoms with Crippen LogP contribution in [0.3, 0.4) is 0 Å². The van der Waals surface area contributed by atoms with E-state index in [9.17, 15) is 4.79 Å². The van der Waals surface area contributed by atoms with E-state index in [1.165, 1.54) is 0 Å². The molecule has 24 heavy (non-hydrogen) atoms. The molecule has 5 heteroatoms. The van der Waals surface area contributed by atoms with E-state index in [1.807, 2.05) is 32.0 Å². The monoisotopic (exact) mass is 333 g/mol. The molecule has 134 valence electrons. The highest BCUT2D eigenvalue weighted by Gasteiger charge is 2.35. The van der Waals surface area contributed by atoms with Gasteiger partial charge >= 0.3 is 0 Å². The van der Waals surface area contributed by atoms with Crippen molar-refractivity contribution >= 4 is 11.6 Å². The number of nitrogens with one attached hydrogen (secondary N) is 1. The molecule has 5 nitrogen and oxygen atoms in total. The number of nitrogens with zero attached hydrogens (tertiary/aromatic N) is 1. The van der Waals surface area contributed by atoms with Crippen molar-refractivity contribution < 1.29 is 9.53 Å². The van der Waals surface area contributed by atoms with Crippen LogP contribution in [0.25, 0.3) is 0 Å². The molecule has 1 fully saturated rings. The van der Waals surface area contributed by atoms with E-state index in [0.29, 0.717) is 6.54 Å². The Kier molecular flexibility index (Phi) is 6.49. The van der Waals surface area contributed by atoms with Gasteiger partial charge in [-0.25, -0.2) is 0 Å². The molecule has 1 aromatic rings. The SMILES string of the molecule is CCC(CC)(CN)C(=O)NC1CCN(c2ccccc2OC)CC1. The summed E-state index contributed by atoms with van der Waals surface area (Å²) in [6.45, 7) is 6.32. The third-order valence-electron chi connectivity index (χ3n) is 5.48. The van der Waals surface area contributed by atoms with Gasteiger partial charge in [0.05, 0.1) is 18.2 Å². The van der Waals surface area contributed by atoms with E-state index in [0.717, 1.165) is 50.2 Å². The van der Waals surface area contributed by atoms with Crippen LogP contribution in [0.15, 0.2) is 24.3 Å². The maximum Gasteiger partial charge on any atom is 0.227 e. The van der Waals surface area contributed by atoms with Crippen molar-refractivity contribution in [3.8, 4) is 5.75 Å². The van der Waals surface area contributed by atoms with Crippen LogP contribution in [0.5, 0.6) is 5.75 Å². The quantitative estimate of drug-likeness (QED) is 0.805. The molecular formula is C19H31N3O2. The van der Waals surface area contributed by atoms with Gasteiger partial charge in [-0.1, -0.05) is 26.0 Å². The zero-order valence-corrected chi connectivity index (χ0v) is 15.2. The first-order valence-corrected chi connectivity index (χ1v) is 8.99. The minimum atomic E-state index is -0.417. The fourth-order valence-corrected chi connectivity index (χ4v) is 3.45. The van der Waals surface area contributed by atoms with Crippen molar-refractivity contribution in [1.29, 1.82) is 0 Å². The summed E-state index contributed by atoms with van der Waals surface area (Å²) in [5.41, 5.74) is 6.59.